The lowest BCUT2D eigenvalue weighted by molar-refractivity contribution is -0.145. The normalized spacial score (nSPS) is 12.9. The SMILES string of the molecule is CC(=O)NCC(O)C(=O)NC(CCS(=O)(=O)O)C(=O)O.CS(=O)(=O)CCOCCOCCS(=O)(=O)O.Cc1ccc(C(=O)NC(CC(=O)O)C(=O)O)cc1. The number of hydrogen-bond acceptors (Lipinski definition) is 15. The van der Waals surface area contributed by atoms with E-state index in [0.29, 0.717) is 0 Å². The van der Waals surface area contributed by atoms with Crippen LogP contribution in [0.2, 0.25) is 0 Å². The van der Waals surface area contributed by atoms with E-state index in [2.05, 4.69) is 10.6 Å². The number of benzene rings is 1. The molecule has 1 aromatic carbocycles. The number of aryl methyl sites for hydroxylation is 1. The number of aliphatic carboxylic acids is 3. The Balaban J connectivity index is 0. The number of aliphatic hydroxyl groups excluding tert-OH is 1. The predicted molar refractivity (Wildman–Crippen MR) is 185 cm³/mol. The van der Waals surface area contributed by atoms with Crippen LogP contribution >= 0.6 is 0 Å². The van der Waals surface area contributed by atoms with Gasteiger partial charge in [-0.05, 0) is 25.5 Å². The highest BCUT2D eigenvalue weighted by Crippen LogP contribution is 2.04. The molecule has 3 unspecified atom stereocenters. The molecule has 0 saturated carbocycles. The summed E-state index contributed by atoms with van der Waals surface area (Å²) in [5.41, 5.74) is 1.25. The van der Waals surface area contributed by atoms with E-state index in [0.717, 1.165) is 18.7 Å². The van der Waals surface area contributed by atoms with Gasteiger partial charge in [0.25, 0.3) is 32.1 Å². The Morgan fingerprint density at radius 2 is 1.20 bits per heavy atom. The number of hydrogen-bond donors (Lipinski definition) is 9. The van der Waals surface area contributed by atoms with Crippen molar-refractivity contribution >= 4 is 65.7 Å². The van der Waals surface area contributed by atoms with Crippen LogP contribution in [0.1, 0.15) is 35.7 Å². The third-order valence-corrected chi connectivity index (χ3v) is 8.22. The van der Waals surface area contributed by atoms with Gasteiger partial charge in [-0.2, -0.15) is 16.8 Å². The fourth-order valence-corrected chi connectivity index (χ4v) is 4.43. The van der Waals surface area contributed by atoms with Crippen molar-refractivity contribution in [1.82, 2.24) is 16.0 Å². The van der Waals surface area contributed by atoms with E-state index in [1.807, 2.05) is 12.2 Å². The summed E-state index contributed by atoms with van der Waals surface area (Å²) in [7, 11) is -11.4. The number of rotatable bonds is 22. The molecule has 54 heavy (non-hydrogen) atoms. The minimum absolute atomic E-state index is 0.0575. The molecule has 1 aromatic rings. The zero-order valence-electron chi connectivity index (χ0n) is 29.2. The highest BCUT2D eigenvalue weighted by atomic mass is 32.2. The van der Waals surface area contributed by atoms with Crippen LogP contribution in [0.25, 0.3) is 0 Å². The summed E-state index contributed by atoms with van der Waals surface area (Å²) in [4.78, 5) is 65.7. The Kier molecular flexibility index (Phi) is 24.6. The second-order valence-electron chi connectivity index (χ2n) is 10.9. The molecule has 0 fully saturated rings. The number of amides is 3. The number of aliphatic hydroxyl groups is 1. The van der Waals surface area contributed by atoms with Gasteiger partial charge in [-0.15, -0.1) is 0 Å². The maximum atomic E-state index is 11.7. The largest absolute Gasteiger partial charge is 0.481 e. The zero-order chi connectivity index (χ0) is 42.3. The van der Waals surface area contributed by atoms with Crippen molar-refractivity contribution in [2.75, 3.05) is 56.5 Å². The second-order valence-corrected chi connectivity index (χ2v) is 16.3. The molecule has 26 heteroatoms. The number of sulfone groups is 1. The Morgan fingerprint density at radius 3 is 1.61 bits per heavy atom. The molecule has 0 saturated heterocycles. The highest BCUT2D eigenvalue weighted by molar-refractivity contribution is 7.90. The Labute approximate surface area is 310 Å². The van der Waals surface area contributed by atoms with Gasteiger partial charge >= 0.3 is 17.9 Å². The molecule has 0 bridgehead atoms. The van der Waals surface area contributed by atoms with Crippen molar-refractivity contribution in [1.29, 1.82) is 0 Å². The fraction of sp³-hybridized carbons (Fsp3) is 0.571. The Morgan fingerprint density at radius 1 is 0.722 bits per heavy atom. The summed E-state index contributed by atoms with van der Waals surface area (Å²) in [5.74, 6) is -7.73. The molecule has 0 aliphatic rings. The molecular formula is C28H45N3O20S3. The second kappa shape index (κ2) is 25.7. The van der Waals surface area contributed by atoms with Gasteiger partial charge < -0.3 is 45.9 Å². The smallest absolute Gasteiger partial charge is 0.326 e. The number of carbonyl (C=O) groups excluding carboxylic acids is 3. The van der Waals surface area contributed by atoms with E-state index in [9.17, 15) is 59.1 Å². The first-order valence-electron chi connectivity index (χ1n) is 15.1. The standard InChI is InChI=1S/C12H13NO5.C9H16N2O8S.C7H16O7S2/c1-7-2-4-8(5-3-7)11(16)13-9(12(17)18)6-10(14)15;1-5(12)10-4-7(13)8(14)11-6(9(15)16)2-3-20(17,18)19;1-15(8,9)6-4-13-2-3-14-5-7-16(10,11)12/h2-5,9H,6H2,1H3,(H,13,16)(H,14,15)(H,17,18);6-7,13H,2-4H2,1H3,(H,10,12)(H,11,14)(H,15,16)(H,17,18,19);2-7H2,1H3,(H,10,11,12). The van der Waals surface area contributed by atoms with E-state index < -0.39 is 115 Å². The quantitative estimate of drug-likeness (QED) is 0.0413. The first-order valence-corrected chi connectivity index (χ1v) is 20.4. The van der Waals surface area contributed by atoms with Gasteiger partial charge in [-0.1, -0.05) is 17.7 Å². The average molecular weight is 840 g/mol. The Hall–Kier alpha value is -4.31. The van der Waals surface area contributed by atoms with Gasteiger partial charge in [0.1, 0.15) is 28.0 Å². The molecule has 0 aromatic heterocycles. The molecule has 310 valence electrons. The van der Waals surface area contributed by atoms with Crippen molar-refractivity contribution < 1.29 is 93.0 Å². The lowest BCUT2D eigenvalue weighted by Gasteiger charge is -2.16. The average Bonchev–Trinajstić information content (AvgIpc) is 3.01. The molecule has 9 N–H and O–H groups in total. The van der Waals surface area contributed by atoms with Crippen molar-refractivity contribution in [3.63, 3.8) is 0 Å². The van der Waals surface area contributed by atoms with E-state index >= 15 is 0 Å². The number of carbonyl (C=O) groups is 6. The van der Waals surface area contributed by atoms with Crippen LogP contribution in [0.3, 0.4) is 0 Å². The number of carboxylic acids is 3. The van der Waals surface area contributed by atoms with Crippen molar-refractivity contribution in [3.05, 3.63) is 35.4 Å². The van der Waals surface area contributed by atoms with Crippen LogP contribution in [-0.4, -0.2) is 165 Å². The van der Waals surface area contributed by atoms with E-state index in [4.69, 9.17) is 33.9 Å². The minimum atomic E-state index is -4.36. The van der Waals surface area contributed by atoms with Crippen LogP contribution in [0.15, 0.2) is 24.3 Å². The summed E-state index contributed by atoms with van der Waals surface area (Å²) in [6.07, 6.45) is -1.79. The maximum absolute atomic E-state index is 11.7. The fourth-order valence-electron chi connectivity index (χ4n) is 3.14. The van der Waals surface area contributed by atoms with Crippen molar-refractivity contribution in [2.24, 2.45) is 0 Å². The molecule has 3 atom stereocenters. The summed E-state index contributed by atoms with van der Waals surface area (Å²) in [6, 6.07) is 3.49. The van der Waals surface area contributed by atoms with Crippen LogP contribution in [0, 0.1) is 6.92 Å². The van der Waals surface area contributed by atoms with Crippen molar-refractivity contribution in [2.45, 2.75) is 44.9 Å². The van der Waals surface area contributed by atoms with Crippen LogP contribution in [0.5, 0.6) is 0 Å². The topological polar surface area (TPSA) is 381 Å². The molecule has 0 aliphatic heterocycles. The lowest BCUT2D eigenvalue weighted by Crippen LogP contribution is -2.49. The minimum Gasteiger partial charge on any atom is -0.481 e. The van der Waals surface area contributed by atoms with Gasteiger partial charge in [0.15, 0.2) is 0 Å². The van der Waals surface area contributed by atoms with Crippen LogP contribution in [-0.2, 0) is 63.5 Å². The first-order chi connectivity index (χ1) is 24.6. The summed E-state index contributed by atoms with van der Waals surface area (Å²) >= 11 is 0. The predicted octanol–water partition coefficient (Wildman–Crippen LogP) is -3.06. The van der Waals surface area contributed by atoms with Crippen molar-refractivity contribution in [3.8, 4) is 0 Å². The maximum Gasteiger partial charge on any atom is 0.326 e. The van der Waals surface area contributed by atoms with E-state index in [1.165, 1.54) is 0 Å². The van der Waals surface area contributed by atoms with Gasteiger partial charge in [0.2, 0.25) is 5.91 Å². The Bertz CT molecular complexity index is 1680. The lowest BCUT2D eigenvalue weighted by atomic mass is 10.1. The van der Waals surface area contributed by atoms with Gasteiger partial charge in [-0.3, -0.25) is 28.3 Å². The van der Waals surface area contributed by atoms with Crippen LogP contribution in [0.4, 0.5) is 0 Å². The molecule has 0 spiro atoms. The van der Waals surface area contributed by atoms with Gasteiger partial charge in [-0.25, -0.2) is 18.0 Å². The first kappa shape index (κ1) is 51.8. The monoisotopic (exact) mass is 839 g/mol. The number of ether oxygens (including phenoxy) is 2. The zero-order valence-corrected chi connectivity index (χ0v) is 31.7. The highest BCUT2D eigenvalue weighted by Gasteiger charge is 2.26. The van der Waals surface area contributed by atoms with Crippen LogP contribution < -0.4 is 16.0 Å². The van der Waals surface area contributed by atoms with E-state index in [-0.39, 0.29) is 37.7 Å². The summed E-state index contributed by atoms with van der Waals surface area (Å²) < 4.78 is 89.5. The van der Waals surface area contributed by atoms with Gasteiger partial charge in [0, 0.05) is 18.7 Å². The molecule has 0 heterocycles. The summed E-state index contributed by atoms with van der Waals surface area (Å²) in [6.45, 7) is 2.91. The third-order valence-electron chi connectivity index (χ3n) is 5.88. The van der Waals surface area contributed by atoms with E-state index in [1.54, 1.807) is 24.3 Å². The number of carboxylic acid groups (broad SMARTS) is 3. The molecule has 3 amide bonds. The molecular weight excluding hydrogens is 795 g/mol. The molecule has 1 rings (SSSR count). The number of nitrogens with one attached hydrogen (secondary N) is 3. The van der Waals surface area contributed by atoms with Gasteiger partial charge in [0.05, 0.1) is 56.7 Å². The molecule has 0 aliphatic carbocycles. The molecule has 23 nitrogen and oxygen atoms in total. The summed E-state index contributed by atoms with van der Waals surface area (Å²) in [5, 5.41) is 41.6. The third kappa shape index (κ3) is 31.2. The molecule has 0 radical (unpaired) electrons.